The molecule has 18 heavy (non-hydrogen) atoms. The van der Waals surface area contributed by atoms with Crippen LogP contribution in [-0.4, -0.2) is 15.7 Å². The zero-order valence-electron chi connectivity index (χ0n) is 10.4. The molecule has 1 aromatic carbocycles. The number of nitrogens with two attached hydrogens (primary N) is 1. The first-order valence-corrected chi connectivity index (χ1v) is 5.72. The van der Waals surface area contributed by atoms with Gasteiger partial charge in [-0.2, -0.15) is 5.10 Å². The zero-order chi connectivity index (χ0) is 13.1. The van der Waals surface area contributed by atoms with Crippen LogP contribution in [0.1, 0.15) is 29.0 Å². The van der Waals surface area contributed by atoms with Crippen molar-refractivity contribution in [3.63, 3.8) is 0 Å². The van der Waals surface area contributed by atoms with Crippen molar-refractivity contribution in [1.29, 1.82) is 0 Å². The van der Waals surface area contributed by atoms with E-state index in [1.807, 2.05) is 29.9 Å². The second kappa shape index (κ2) is 4.91. The number of carbonyl (C=O) groups is 1. The maximum absolute atomic E-state index is 11.0. The molecule has 0 fully saturated rings. The summed E-state index contributed by atoms with van der Waals surface area (Å²) in [7, 11) is 1.91. The Bertz CT molecular complexity index is 544. The lowest BCUT2D eigenvalue weighted by Crippen LogP contribution is -2.12. The van der Waals surface area contributed by atoms with Crippen LogP contribution < -0.4 is 11.1 Å². The summed E-state index contributed by atoms with van der Waals surface area (Å²) in [6.45, 7) is 2.05. The van der Waals surface area contributed by atoms with Crippen LogP contribution in [0.4, 0.5) is 5.69 Å². The van der Waals surface area contributed by atoms with E-state index in [4.69, 9.17) is 5.73 Å². The van der Waals surface area contributed by atoms with Gasteiger partial charge in [-0.15, -0.1) is 0 Å². The van der Waals surface area contributed by atoms with Crippen LogP contribution in [0.15, 0.2) is 36.5 Å². The van der Waals surface area contributed by atoms with Gasteiger partial charge in [-0.25, -0.2) is 0 Å². The van der Waals surface area contributed by atoms with E-state index in [0.717, 1.165) is 11.4 Å². The average molecular weight is 244 g/mol. The summed E-state index contributed by atoms with van der Waals surface area (Å²) in [4.78, 5) is 11.0. The van der Waals surface area contributed by atoms with Crippen molar-refractivity contribution in [2.24, 2.45) is 12.8 Å². The first kappa shape index (κ1) is 12.2. The molecule has 5 heteroatoms. The fraction of sp³-hybridized carbons (Fsp3) is 0.231. The molecule has 1 heterocycles. The van der Waals surface area contributed by atoms with Crippen molar-refractivity contribution in [3.05, 3.63) is 47.8 Å². The van der Waals surface area contributed by atoms with Gasteiger partial charge in [0.05, 0.1) is 11.7 Å². The number of carbonyl (C=O) groups excluding carboxylic acids is 1. The number of hydrogen-bond donors (Lipinski definition) is 2. The molecule has 1 aromatic heterocycles. The number of rotatable bonds is 4. The van der Waals surface area contributed by atoms with Gasteiger partial charge >= 0.3 is 0 Å². The molecule has 2 aromatic rings. The number of benzene rings is 1. The van der Waals surface area contributed by atoms with Gasteiger partial charge in [0.1, 0.15) is 0 Å². The third-order valence-electron chi connectivity index (χ3n) is 2.86. The molecule has 3 N–H and O–H groups in total. The first-order valence-electron chi connectivity index (χ1n) is 5.72. The summed E-state index contributed by atoms with van der Waals surface area (Å²) < 4.78 is 1.83. The summed E-state index contributed by atoms with van der Waals surface area (Å²) in [6.07, 6.45) is 1.77. The fourth-order valence-corrected chi connectivity index (χ4v) is 1.86. The minimum atomic E-state index is -0.416. The monoisotopic (exact) mass is 244 g/mol. The first-order chi connectivity index (χ1) is 8.58. The second-order valence-corrected chi connectivity index (χ2v) is 4.19. The number of nitrogens with zero attached hydrogens (tertiary/aromatic N) is 2. The summed E-state index contributed by atoms with van der Waals surface area (Å²) in [5, 5.41) is 7.47. The minimum absolute atomic E-state index is 0.136. The van der Waals surface area contributed by atoms with Crippen LogP contribution in [0.25, 0.3) is 0 Å². The summed E-state index contributed by atoms with van der Waals surface area (Å²) in [6, 6.07) is 9.20. The Labute approximate surface area is 106 Å². The highest BCUT2D eigenvalue weighted by molar-refractivity contribution is 5.93. The van der Waals surface area contributed by atoms with Gasteiger partial charge < -0.3 is 11.1 Å². The molecule has 1 unspecified atom stereocenters. The van der Waals surface area contributed by atoms with Crippen molar-refractivity contribution in [2.45, 2.75) is 13.0 Å². The maximum Gasteiger partial charge on any atom is 0.248 e. The SMILES string of the molecule is CC(Nc1ccc(C(N)=O)cc1)c1ccnn1C. The van der Waals surface area contributed by atoms with Gasteiger partial charge in [-0.1, -0.05) is 0 Å². The van der Waals surface area contributed by atoms with E-state index in [9.17, 15) is 4.79 Å². The van der Waals surface area contributed by atoms with E-state index >= 15 is 0 Å². The smallest absolute Gasteiger partial charge is 0.248 e. The standard InChI is InChI=1S/C13H16N4O/c1-9(12-7-8-15-17(12)2)16-11-5-3-10(4-6-11)13(14)18/h3-9,16H,1-2H3,(H2,14,18). The van der Waals surface area contributed by atoms with E-state index in [2.05, 4.69) is 17.3 Å². The Hall–Kier alpha value is -2.30. The number of aryl methyl sites for hydroxylation is 1. The third kappa shape index (κ3) is 2.51. The van der Waals surface area contributed by atoms with Crippen molar-refractivity contribution in [2.75, 3.05) is 5.32 Å². The number of anilines is 1. The van der Waals surface area contributed by atoms with Gasteiger partial charge in [0.25, 0.3) is 0 Å². The summed E-state index contributed by atoms with van der Waals surface area (Å²) >= 11 is 0. The van der Waals surface area contributed by atoms with Crippen molar-refractivity contribution >= 4 is 11.6 Å². The van der Waals surface area contributed by atoms with Crippen molar-refractivity contribution in [3.8, 4) is 0 Å². The number of nitrogens with one attached hydrogen (secondary N) is 1. The predicted molar refractivity (Wildman–Crippen MR) is 70.2 cm³/mol. The van der Waals surface area contributed by atoms with E-state index < -0.39 is 5.91 Å². The highest BCUT2D eigenvalue weighted by atomic mass is 16.1. The van der Waals surface area contributed by atoms with E-state index in [1.54, 1.807) is 18.3 Å². The Kier molecular flexibility index (Phi) is 3.32. The van der Waals surface area contributed by atoms with Gasteiger partial charge in [0, 0.05) is 24.5 Å². The van der Waals surface area contributed by atoms with Crippen LogP contribution in [0.2, 0.25) is 0 Å². The predicted octanol–water partition coefficient (Wildman–Crippen LogP) is 1.69. The fourth-order valence-electron chi connectivity index (χ4n) is 1.86. The molecule has 0 radical (unpaired) electrons. The molecule has 2 rings (SSSR count). The molecular weight excluding hydrogens is 228 g/mol. The third-order valence-corrected chi connectivity index (χ3v) is 2.86. The molecule has 0 saturated heterocycles. The highest BCUT2D eigenvalue weighted by Gasteiger charge is 2.09. The number of hydrogen-bond acceptors (Lipinski definition) is 3. The minimum Gasteiger partial charge on any atom is -0.377 e. The Balaban J connectivity index is 2.10. The Morgan fingerprint density at radius 1 is 1.33 bits per heavy atom. The molecule has 0 aliphatic carbocycles. The molecule has 1 atom stereocenters. The molecule has 5 nitrogen and oxygen atoms in total. The topological polar surface area (TPSA) is 72.9 Å². The maximum atomic E-state index is 11.0. The van der Waals surface area contributed by atoms with Gasteiger partial charge in [-0.05, 0) is 37.3 Å². The number of amides is 1. The van der Waals surface area contributed by atoms with Crippen molar-refractivity contribution in [1.82, 2.24) is 9.78 Å². The van der Waals surface area contributed by atoms with E-state index in [1.165, 1.54) is 0 Å². The second-order valence-electron chi connectivity index (χ2n) is 4.19. The highest BCUT2D eigenvalue weighted by Crippen LogP contribution is 2.18. The summed E-state index contributed by atoms with van der Waals surface area (Å²) in [5.41, 5.74) is 7.73. The largest absolute Gasteiger partial charge is 0.377 e. The number of primary amides is 1. The lowest BCUT2D eigenvalue weighted by molar-refractivity contribution is 0.100. The number of aromatic nitrogens is 2. The Morgan fingerprint density at radius 2 is 2.00 bits per heavy atom. The van der Waals surface area contributed by atoms with E-state index in [0.29, 0.717) is 5.56 Å². The quantitative estimate of drug-likeness (QED) is 0.859. The van der Waals surface area contributed by atoms with Crippen LogP contribution in [0, 0.1) is 0 Å². The Morgan fingerprint density at radius 3 is 2.50 bits per heavy atom. The van der Waals surface area contributed by atoms with Crippen molar-refractivity contribution < 1.29 is 4.79 Å². The molecule has 0 saturated carbocycles. The van der Waals surface area contributed by atoms with E-state index in [-0.39, 0.29) is 6.04 Å². The summed E-state index contributed by atoms with van der Waals surface area (Å²) in [5.74, 6) is -0.416. The van der Waals surface area contributed by atoms with Gasteiger partial charge in [0.15, 0.2) is 0 Å². The van der Waals surface area contributed by atoms with Gasteiger partial charge in [0.2, 0.25) is 5.91 Å². The zero-order valence-corrected chi connectivity index (χ0v) is 10.4. The van der Waals surface area contributed by atoms with Crippen LogP contribution in [-0.2, 0) is 7.05 Å². The molecule has 0 spiro atoms. The molecule has 1 amide bonds. The van der Waals surface area contributed by atoms with Crippen LogP contribution in [0.5, 0.6) is 0 Å². The molecule has 94 valence electrons. The lowest BCUT2D eigenvalue weighted by atomic mass is 10.1. The lowest BCUT2D eigenvalue weighted by Gasteiger charge is -2.15. The van der Waals surface area contributed by atoms with Gasteiger partial charge in [-0.3, -0.25) is 9.48 Å². The molecule has 0 aliphatic heterocycles. The normalized spacial score (nSPS) is 12.1. The molecule has 0 bridgehead atoms. The molecule has 0 aliphatic rings. The van der Waals surface area contributed by atoms with Crippen LogP contribution >= 0.6 is 0 Å². The molecular formula is C13H16N4O. The van der Waals surface area contributed by atoms with Crippen LogP contribution in [0.3, 0.4) is 0 Å². The average Bonchev–Trinajstić information content (AvgIpc) is 2.76.